The Morgan fingerprint density at radius 3 is 2.54 bits per heavy atom. The standard InChI is InChI=1S/C33H33FN4O/c1-19-18-33(2,3)37(4)27-14-11-21(15-24(19)27)31-30-26(36-32-35-25-7-5-6-8-28(25)38(31)32)16-22(17-29(30)39)20-9-12-23(34)13-10-20/h5-15,19,22,31H,16-18H2,1-4H3,(H,35,36)/t19-,22-,31+/m1/s1. The molecule has 4 aromatic rings. The molecule has 6 heteroatoms. The molecule has 0 unspecified atom stereocenters. The number of ketones is 1. The van der Waals surface area contributed by atoms with Gasteiger partial charge in [-0.2, -0.15) is 0 Å². The summed E-state index contributed by atoms with van der Waals surface area (Å²) < 4.78 is 15.8. The molecule has 0 saturated heterocycles. The summed E-state index contributed by atoms with van der Waals surface area (Å²) in [6.45, 7) is 6.90. The molecule has 0 bridgehead atoms. The van der Waals surface area contributed by atoms with E-state index < -0.39 is 0 Å². The Morgan fingerprint density at radius 2 is 1.74 bits per heavy atom. The Hall–Kier alpha value is -3.93. The maximum atomic E-state index is 14.0. The van der Waals surface area contributed by atoms with Crippen LogP contribution in [0.15, 0.2) is 78.0 Å². The Kier molecular flexibility index (Phi) is 5.28. The van der Waals surface area contributed by atoms with Crippen molar-refractivity contribution >= 4 is 28.5 Å². The fourth-order valence-corrected chi connectivity index (χ4v) is 7.08. The number of anilines is 2. The van der Waals surface area contributed by atoms with E-state index in [2.05, 4.69) is 66.9 Å². The first-order valence-electron chi connectivity index (χ1n) is 13.8. The van der Waals surface area contributed by atoms with Gasteiger partial charge in [-0.05, 0) is 85.5 Å². The van der Waals surface area contributed by atoms with Gasteiger partial charge in [0, 0.05) is 36.0 Å². The number of aromatic nitrogens is 2. The molecule has 0 spiro atoms. The first-order chi connectivity index (χ1) is 18.7. The quantitative estimate of drug-likeness (QED) is 0.301. The Morgan fingerprint density at radius 1 is 1.00 bits per heavy atom. The summed E-state index contributed by atoms with van der Waals surface area (Å²) in [7, 11) is 2.18. The number of halogens is 1. The van der Waals surface area contributed by atoms with E-state index in [1.165, 1.54) is 23.4 Å². The zero-order valence-corrected chi connectivity index (χ0v) is 22.8. The molecule has 7 rings (SSSR count). The zero-order valence-electron chi connectivity index (χ0n) is 22.8. The van der Waals surface area contributed by atoms with Gasteiger partial charge < -0.3 is 10.2 Å². The number of para-hydroxylation sites is 2. The molecule has 3 atom stereocenters. The lowest BCUT2D eigenvalue weighted by atomic mass is 9.76. The second-order valence-corrected chi connectivity index (χ2v) is 12.1. The van der Waals surface area contributed by atoms with Gasteiger partial charge >= 0.3 is 0 Å². The number of Topliss-reactive ketones (excluding diaryl/α,β-unsaturated/α-hetero) is 1. The van der Waals surface area contributed by atoms with Gasteiger partial charge in [-0.25, -0.2) is 9.37 Å². The molecule has 0 fully saturated rings. The number of nitrogens with zero attached hydrogens (tertiary/aromatic N) is 3. The van der Waals surface area contributed by atoms with Gasteiger partial charge in [0.25, 0.3) is 0 Å². The van der Waals surface area contributed by atoms with Gasteiger partial charge in [-0.3, -0.25) is 9.36 Å². The summed E-state index contributed by atoms with van der Waals surface area (Å²) in [6.07, 6.45) is 2.16. The maximum absolute atomic E-state index is 14.0. The highest BCUT2D eigenvalue weighted by Gasteiger charge is 2.41. The van der Waals surface area contributed by atoms with Crippen LogP contribution >= 0.6 is 0 Å². The summed E-state index contributed by atoms with van der Waals surface area (Å²) in [5.74, 6) is 1.04. The van der Waals surface area contributed by atoms with Crippen LogP contribution in [-0.2, 0) is 4.79 Å². The summed E-state index contributed by atoms with van der Waals surface area (Å²) >= 11 is 0. The molecule has 39 heavy (non-hydrogen) atoms. The van der Waals surface area contributed by atoms with Crippen LogP contribution in [0.5, 0.6) is 0 Å². The zero-order chi connectivity index (χ0) is 27.1. The molecule has 2 aliphatic heterocycles. The van der Waals surface area contributed by atoms with Crippen LogP contribution in [0.25, 0.3) is 11.0 Å². The molecule has 198 valence electrons. The molecule has 1 aliphatic carbocycles. The van der Waals surface area contributed by atoms with E-state index in [0.29, 0.717) is 18.8 Å². The Labute approximate surface area is 228 Å². The fourth-order valence-electron chi connectivity index (χ4n) is 7.08. The monoisotopic (exact) mass is 520 g/mol. The van der Waals surface area contributed by atoms with E-state index in [0.717, 1.165) is 45.8 Å². The predicted octanol–water partition coefficient (Wildman–Crippen LogP) is 7.31. The topological polar surface area (TPSA) is 50.2 Å². The van der Waals surface area contributed by atoms with Crippen LogP contribution in [-0.4, -0.2) is 27.9 Å². The Balaban J connectivity index is 1.39. The fraction of sp³-hybridized carbons (Fsp3) is 0.333. The van der Waals surface area contributed by atoms with Crippen LogP contribution in [0, 0.1) is 5.82 Å². The van der Waals surface area contributed by atoms with Crippen molar-refractivity contribution in [3.8, 4) is 0 Å². The third-order valence-corrected chi connectivity index (χ3v) is 9.21. The summed E-state index contributed by atoms with van der Waals surface area (Å²) in [4.78, 5) is 21.3. The maximum Gasteiger partial charge on any atom is 0.209 e. The lowest BCUT2D eigenvalue weighted by Crippen LogP contribution is -2.45. The summed E-state index contributed by atoms with van der Waals surface area (Å²) in [6, 6.07) is 21.2. The Bertz CT molecular complexity index is 1670. The molecule has 3 aliphatic rings. The number of nitrogens with one attached hydrogen (secondary N) is 1. The van der Waals surface area contributed by atoms with Crippen molar-refractivity contribution in [1.82, 2.24) is 9.55 Å². The molecule has 0 radical (unpaired) electrons. The first-order valence-corrected chi connectivity index (χ1v) is 13.8. The van der Waals surface area contributed by atoms with Gasteiger partial charge in [-0.1, -0.05) is 43.3 Å². The number of rotatable bonds is 2. The minimum Gasteiger partial charge on any atom is -0.369 e. The van der Waals surface area contributed by atoms with Crippen molar-refractivity contribution < 1.29 is 9.18 Å². The van der Waals surface area contributed by atoms with Gasteiger partial charge in [0.05, 0.1) is 17.1 Å². The van der Waals surface area contributed by atoms with Crippen LogP contribution in [0.2, 0.25) is 0 Å². The second-order valence-electron chi connectivity index (χ2n) is 12.1. The second kappa shape index (κ2) is 8.54. The minimum absolute atomic E-state index is 0.000338. The molecular weight excluding hydrogens is 487 g/mol. The van der Waals surface area contributed by atoms with Crippen molar-refractivity contribution in [2.24, 2.45) is 0 Å². The normalized spacial score (nSPS) is 23.8. The molecule has 3 aromatic carbocycles. The molecule has 3 heterocycles. The van der Waals surface area contributed by atoms with Crippen molar-refractivity contribution in [2.75, 3.05) is 17.3 Å². The van der Waals surface area contributed by atoms with E-state index in [4.69, 9.17) is 4.98 Å². The van der Waals surface area contributed by atoms with Crippen LogP contribution in [0.3, 0.4) is 0 Å². The largest absolute Gasteiger partial charge is 0.369 e. The van der Waals surface area contributed by atoms with Gasteiger partial charge in [-0.15, -0.1) is 0 Å². The third-order valence-electron chi connectivity index (χ3n) is 9.21. The van der Waals surface area contributed by atoms with Crippen LogP contribution in [0.4, 0.5) is 16.0 Å². The summed E-state index contributed by atoms with van der Waals surface area (Å²) in [5.41, 5.74) is 8.43. The highest BCUT2D eigenvalue weighted by Crippen LogP contribution is 2.48. The number of allylic oxidation sites excluding steroid dienone is 2. The van der Waals surface area contributed by atoms with E-state index in [9.17, 15) is 9.18 Å². The average molecular weight is 521 g/mol. The highest BCUT2D eigenvalue weighted by molar-refractivity contribution is 6.01. The third kappa shape index (κ3) is 3.72. The van der Waals surface area contributed by atoms with Gasteiger partial charge in [0.15, 0.2) is 5.78 Å². The van der Waals surface area contributed by atoms with Gasteiger partial charge in [0.2, 0.25) is 5.95 Å². The van der Waals surface area contributed by atoms with Gasteiger partial charge in [0.1, 0.15) is 5.82 Å². The highest BCUT2D eigenvalue weighted by atomic mass is 19.1. The summed E-state index contributed by atoms with van der Waals surface area (Å²) in [5, 5.41) is 3.55. The van der Waals surface area contributed by atoms with Crippen molar-refractivity contribution in [2.45, 2.75) is 63.5 Å². The molecular formula is C33H33FN4O. The molecule has 5 nitrogen and oxygen atoms in total. The number of carbonyl (C=O) groups is 1. The first kappa shape index (κ1) is 24.1. The molecule has 0 saturated carbocycles. The number of benzene rings is 3. The van der Waals surface area contributed by atoms with Crippen LogP contribution < -0.4 is 10.2 Å². The molecule has 1 aromatic heterocycles. The van der Waals surface area contributed by atoms with E-state index >= 15 is 0 Å². The number of hydrogen-bond acceptors (Lipinski definition) is 4. The van der Waals surface area contributed by atoms with Crippen molar-refractivity contribution in [3.05, 3.63) is 101 Å². The number of hydrogen-bond donors (Lipinski definition) is 1. The average Bonchev–Trinajstić information content (AvgIpc) is 3.28. The minimum atomic E-state index is -0.263. The van der Waals surface area contributed by atoms with E-state index in [1.54, 1.807) is 12.1 Å². The van der Waals surface area contributed by atoms with Crippen molar-refractivity contribution in [3.63, 3.8) is 0 Å². The number of fused-ring (bicyclic) bond motifs is 4. The van der Waals surface area contributed by atoms with E-state index in [1.807, 2.05) is 18.2 Å². The SMILES string of the molecule is C[C@@H]1CC(C)(C)N(C)c2ccc([C@H]3C4=C(C[C@@H](c5ccc(F)cc5)CC4=O)Nc4nc5ccccc5n43)cc21. The molecule has 0 amide bonds. The van der Waals surface area contributed by atoms with E-state index in [-0.39, 0.29) is 29.1 Å². The van der Waals surface area contributed by atoms with Crippen LogP contribution in [0.1, 0.15) is 74.6 Å². The number of imidazole rings is 1. The lowest BCUT2D eigenvalue weighted by molar-refractivity contribution is -0.116. The van der Waals surface area contributed by atoms with Crippen molar-refractivity contribution in [1.29, 1.82) is 0 Å². The lowest BCUT2D eigenvalue weighted by Gasteiger charge is -2.46. The molecule has 1 N–H and O–H groups in total. The smallest absolute Gasteiger partial charge is 0.209 e. The number of carbonyl (C=O) groups excluding carboxylic acids is 1. The predicted molar refractivity (Wildman–Crippen MR) is 154 cm³/mol.